The fourth-order valence-electron chi connectivity index (χ4n) is 3.58. The molecule has 0 bridgehead atoms. The van der Waals surface area contributed by atoms with Gasteiger partial charge in [0.25, 0.3) is 0 Å². The third kappa shape index (κ3) is 5.53. The first-order valence-electron chi connectivity index (χ1n) is 9.39. The first-order valence-corrected chi connectivity index (χ1v) is 9.39. The number of halogens is 6. The van der Waals surface area contributed by atoms with E-state index >= 15 is 0 Å². The van der Waals surface area contributed by atoms with Gasteiger partial charge in [0.2, 0.25) is 0 Å². The largest absolute Gasteiger partial charge is 0.416 e. The fourth-order valence-corrected chi connectivity index (χ4v) is 3.58. The first-order chi connectivity index (χ1) is 14.1. The summed E-state index contributed by atoms with van der Waals surface area (Å²) in [4.78, 5) is 0. The molecule has 0 saturated carbocycles. The minimum atomic E-state index is -4.90. The van der Waals surface area contributed by atoms with Gasteiger partial charge in [0, 0.05) is 6.04 Å². The minimum Gasteiger partial charge on any atom is -0.395 e. The molecule has 0 aliphatic carbocycles. The van der Waals surface area contributed by atoms with Crippen LogP contribution < -0.4 is 5.32 Å². The van der Waals surface area contributed by atoms with E-state index in [0.717, 1.165) is 5.56 Å². The van der Waals surface area contributed by atoms with Crippen LogP contribution in [-0.4, -0.2) is 23.9 Å². The summed E-state index contributed by atoms with van der Waals surface area (Å²) >= 11 is 0. The van der Waals surface area contributed by atoms with E-state index in [0.29, 0.717) is 25.0 Å². The number of benzene rings is 2. The molecule has 2 aromatic rings. The SMILES string of the molecule is OCC1CC[C@@H](OCc2cc(C(F)(F)F)cc(C(F)(F)F)c2)[C@@H](c2ccccc2)N1. The van der Waals surface area contributed by atoms with Gasteiger partial charge in [-0.1, -0.05) is 30.3 Å². The van der Waals surface area contributed by atoms with Gasteiger partial charge in [0.05, 0.1) is 36.5 Å². The van der Waals surface area contributed by atoms with Gasteiger partial charge < -0.3 is 15.2 Å². The second kappa shape index (κ2) is 8.95. The minimum absolute atomic E-state index is 0.0847. The van der Waals surface area contributed by atoms with E-state index in [1.807, 2.05) is 30.3 Å². The molecule has 30 heavy (non-hydrogen) atoms. The van der Waals surface area contributed by atoms with Crippen LogP contribution in [0.1, 0.15) is 41.1 Å². The van der Waals surface area contributed by atoms with Crippen LogP contribution in [0.4, 0.5) is 26.3 Å². The van der Waals surface area contributed by atoms with Crippen molar-refractivity contribution < 1.29 is 36.2 Å². The highest BCUT2D eigenvalue weighted by Gasteiger charge is 2.37. The molecule has 0 amide bonds. The van der Waals surface area contributed by atoms with Crippen LogP contribution in [0.25, 0.3) is 0 Å². The molecule has 1 aliphatic rings. The van der Waals surface area contributed by atoms with Crippen molar-refractivity contribution in [2.45, 2.75) is 50.0 Å². The van der Waals surface area contributed by atoms with Crippen molar-refractivity contribution in [3.05, 3.63) is 70.8 Å². The normalized spacial score (nSPS) is 22.8. The lowest BCUT2D eigenvalue weighted by Gasteiger charge is -2.37. The molecule has 0 radical (unpaired) electrons. The summed E-state index contributed by atoms with van der Waals surface area (Å²) in [6.07, 6.45) is -9.20. The van der Waals surface area contributed by atoms with Crippen LogP contribution in [0.5, 0.6) is 0 Å². The topological polar surface area (TPSA) is 41.5 Å². The summed E-state index contributed by atoms with van der Waals surface area (Å²) in [6, 6.07) is 10.1. The molecule has 9 heteroatoms. The summed E-state index contributed by atoms with van der Waals surface area (Å²) in [5.74, 6) is 0. The maximum Gasteiger partial charge on any atom is 0.416 e. The zero-order valence-electron chi connectivity index (χ0n) is 15.8. The van der Waals surface area contributed by atoms with Crippen molar-refractivity contribution in [1.82, 2.24) is 5.32 Å². The van der Waals surface area contributed by atoms with Crippen molar-refractivity contribution in [2.75, 3.05) is 6.61 Å². The number of rotatable bonds is 5. The molecular formula is C21H21F6NO2. The predicted molar refractivity (Wildman–Crippen MR) is 97.4 cm³/mol. The number of hydrogen-bond acceptors (Lipinski definition) is 3. The van der Waals surface area contributed by atoms with Gasteiger partial charge in [-0.05, 0) is 42.2 Å². The Labute approximate surface area is 169 Å². The van der Waals surface area contributed by atoms with Crippen LogP contribution in [0.15, 0.2) is 48.5 Å². The second-order valence-electron chi connectivity index (χ2n) is 7.28. The smallest absolute Gasteiger partial charge is 0.395 e. The summed E-state index contributed by atoms with van der Waals surface area (Å²) in [5, 5.41) is 12.7. The van der Waals surface area contributed by atoms with Crippen LogP contribution in [0, 0.1) is 0 Å². The second-order valence-corrected chi connectivity index (χ2v) is 7.28. The molecule has 164 valence electrons. The van der Waals surface area contributed by atoms with Crippen LogP contribution >= 0.6 is 0 Å². The Morgan fingerprint density at radius 3 is 2.03 bits per heavy atom. The predicted octanol–water partition coefficient (Wildman–Crippen LogP) is 5.10. The molecule has 1 unspecified atom stereocenters. The monoisotopic (exact) mass is 433 g/mol. The van der Waals surface area contributed by atoms with Gasteiger partial charge in [0.1, 0.15) is 0 Å². The van der Waals surface area contributed by atoms with E-state index < -0.39 is 36.2 Å². The zero-order chi connectivity index (χ0) is 21.9. The molecule has 1 aliphatic heterocycles. The number of piperidine rings is 1. The third-order valence-electron chi connectivity index (χ3n) is 5.08. The van der Waals surface area contributed by atoms with Gasteiger partial charge in [-0.15, -0.1) is 0 Å². The molecule has 0 aromatic heterocycles. The third-order valence-corrected chi connectivity index (χ3v) is 5.08. The Kier molecular flexibility index (Phi) is 6.74. The van der Waals surface area contributed by atoms with Crippen molar-refractivity contribution in [3.63, 3.8) is 0 Å². The Bertz CT molecular complexity index is 805. The lowest BCUT2D eigenvalue weighted by Crippen LogP contribution is -2.47. The van der Waals surface area contributed by atoms with Crippen molar-refractivity contribution in [1.29, 1.82) is 0 Å². The van der Waals surface area contributed by atoms with Crippen LogP contribution in [0.2, 0.25) is 0 Å². The Morgan fingerprint density at radius 1 is 0.900 bits per heavy atom. The van der Waals surface area contributed by atoms with Gasteiger partial charge in [-0.3, -0.25) is 0 Å². The highest BCUT2D eigenvalue weighted by molar-refractivity contribution is 5.33. The molecule has 3 nitrogen and oxygen atoms in total. The molecule has 2 aromatic carbocycles. The van der Waals surface area contributed by atoms with Gasteiger partial charge in [-0.2, -0.15) is 26.3 Å². The molecule has 0 spiro atoms. The number of alkyl halides is 6. The lowest BCUT2D eigenvalue weighted by atomic mass is 9.91. The summed E-state index contributed by atoms with van der Waals surface area (Å²) in [7, 11) is 0. The molecule has 3 atom stereocenters. The van der Waals surface area contributed by atoms with Gasteiger partial charge in [-0.25, -0.2) is 0 Å². The van der Waals surface area contributed by atoms with E-state index in [-0.39, 0.29) is 30.3 Å². The standard InChI is InChI=1S/C21H21F6NO2/c22-20(23,24)15-8-13(9-16(10-15)21(25,26)27)12-30-18-7-6-17(11-29)28-19(18)14-4-2-1-3-5-14/h1-5,8-10,17-19,28-29H,6-7,11-12H2/t17?,18-,19-/m1/s1. The van der Waals surface area contributed by atoms with Gasteiger partial charge >= 0.3 is 12.4 Å². The van der Waals surface area contributed by atoms with Crippen molar-refractivity contribution in [2.24, 2.45) is 0 Å². The van der Waals surface area contributed by atoms with Crippen molar-refractivity contribution in [3.8, 4) is 0 Å². The van der Waals surface area contributed by atoms with E-state index in [9.17, 15) is 31.4 Å². The quantitative estimate of drug-likeness (QED) is 0.645. The average Bonchev–Trinajstić information content (AvgIpc) is 2.71. The molecule has 3 rings (SSSR count). The summed E-state index contributed by atoms with van der Waals surface area (Å²) in [5.41, 5.74) is -2.07. The average molecular weight is 433 g/mol. The number of aliphatic hydroxyl groups excluding tert-OH is 1. The van der Waals surface area contributed by atoms with Crippen molar-refractivity contribution >= 4 is 0 Å². The molecule has 1 heterocycles. The summed E-state index contributed by atoms with van der Waals surface area (Å²) in [6.45, 7) is -0.481. The fraction of sp³-hybridized carbons (Fsp3) is 0.429. The molecular weight excluding hydrogens is 412 g/mol. The lowest BCUT2D eigenvalue weighted by molar-refractivity contribution is -0.143. The first kappa shape index (κ1) is 22.6. The van der Waals surface area contributed by atoms with E-state index in [2.05, 4.69) is 5.32 Å². The summed E-state index contributed by atoms with van der Waals surface area (Å²) < 4.78 is 84.1. The van der Waals surface area contributed by atoms with E-state index in [1.54, 1.807) is 0 Å². The Morgan fingerprint density at radius 2 is 1.50 bits per heavy atom. The highest BCUT2D eigenvalue weighted by atomic mass is 19.4. The van der Waals surface area contributed by atoms with Crippen LogP contribution in [-0.2, 0) is 23.7 Å². The maximum absolute atomic E-state index is 13.1. The highest BCUT2D eigenvalue weighted by Crippen LogP contribution is 2.37. The number of nitrogens with one attached hydrogen (secondary N) is 1. The molecule has 1 saturated heterocycles. The van der Waals surface area contributed by atoms with Crippen LogP contribution in [0.3, 0.4) is 0 Å². The molecule has 2 N–H and O–H groups in total. The number of ether oxygens (including phenoxy) is 1. The zero-order valence-corrected chi connectivity index (χ0v) is 15.8. The Balaban J connectivity index is 1.82. The Hall–Kier alpha value is -2.10. The van der Waals surface area contributed by atoms with Gasteiger partial charge in [0.15, 0.2) is 0 Å². The number of hydrogen-bond donors (Lipinski definition) is 2. The molecule has 1 fully saturated rings. The number of aliphatic hydroxyl groups is 1. The van der Waals surface area contributed by atoms with E-state index in [4.69, 9.17) is 4.74 Å². The van der Waals surface area contributed by atoms with E-state index in [1.165, 1.54) is 0 Å². The maximum atomic E-state index is 13.1.